The number of carbonyl (C=O) groups is 2. The van der Waals surface area contributed by atoms with Crippen LogP contribution in [0, 0.1) is 0 Å². The van der Waals surface area contributed by atoms with E-state index in [1.807, 2.05) is 6.07 Å². The van der Waals surface area contributed by atoms with E-state index in [1.54, 1.807) is 0 Å². The van der Waals surface area contributed by atoms with Crippen LogP contribution in [0.25, 0.3) is 0 Å². The Labute approximate surface area is 115 Å². The molecule has 19 heavy (non-hydrogen) atoms. The van der Waals surface area contributed by atoms with E-state index in [4.69, 9.17) is 5.11 Å². The SMILES string of the molecule is C[C@@H](O)[C@H](NC(=O)c1cc2c(s1)CCCC2)C(=O)O. The van der Waals surface area contributed by atoms with Crippen LogP contribution in [0.4, 0.5) is 0 Å². The zero-order valence-electron chi connectivity index (χ0n) is 10.7. The molecule has 3 N–H and O–H groups in total. The monoisotopic (exact) mass is 283 g/mol. The number of aliphatic hydroxyl groups is 1. The Kier molecular flexibility index (Phi) is 4.21. The smallest absolute Gasteiger partial charge is 0.328 e. The van der Waals surface area contributed by atoms with Crippen LogP contribution < -0.4 is 5.32 Å². The van der Waals surface area contributed by atoms with Crippen molar-refractivity contribution < 1.29 is 19.8 Å². The second-order valence-corrected chi connectivity index (χ2v) is 5.93. The number of carboxylic acid groups (broad SMARTS) is 1. The highest BCUT2D eigenvalue weighted by Gasteiger charge is 2.26. The molecular weight excluding hydrogens is 266 g/mol. The van der Waals surface area contributed by atoms with Crippen LogP contribution >= 0.6 is 11.3 Å². The zero-order chi connectivity index (χ0) is 14.0. The van der Waals surface area contributed by atoms with Crippen LogP contribution in [0.3, 0.4) is 0 Å². The number of thiophene rings is 1. The van der Waals surface area contributed by atoms with Gasteiger partial charge in [-0.1, -0.05) is 0 Å². The number of carbonyl (C=O) groups excluding carboxylic acids is 1. The summed E-state index contributed by atoms with van der Waals surface area (Å²) in [7, 11) is 0. The summed E-state index contributed by atoms with van der Waals surface area (Å²) in [5.74, 6) is -1.66. The third-order valence-corrected chi connectivity index (χ3v) is 4.49. The molecule has 1 aliphatic carbocycles. The number of nitrogens with one attached hydrogen (secondary N) is 1. The molecule has 0 radical (unpaired) electrons. The molecule has 1 aromatic rings. The van der Waals surface area contributed by atoms with Crippen molar-refractivity contribution in [3.05, 3.63) is 21.4 Å². The number of carboxylic acids is 1. The zero-order valence-corrected chi connectivity index (χ0v) is 11.5. The van der Waals surface area contributed by atoms with Gasteiger partial charge in [0.1, 0.15) is 0 Å². The van der Waals surface area contributed by atoms with E-state index in [1.165, 1.54) is 28.7 Å². The Hall–Kier alpha value is -1.40. The van der Waals surface area contributed by atoms with E-state index >= 15 is 0 Å². The predicted molar refractivity (Wildman–Crippen MR) is 71.5 cm³/mol. The van der Waals surface area contributed by atoms with E-state index in [-0.39, 0.29) is 0 Å². The summed E-state index contributed by atoms with van der Waals surface area (Å²) in [4.78, 5) is 24.7. The Morgan fingerprint density at radius 3 is 2.63 bits per heavy atom. The van der Waals surface area contributed by atoms with Gasteiger partial charge in [-0.3, -0.25) is 4.79 Å². The summed E-state index contributed by atoms with van der Waals surface area (Å²) >= 11 is 1.42. The first-order valence-electron chi connectivity index (χ1n) is 6.32. The number of hydrogen-bond acceptors (Lipinski definition) is 4. The maximum atomic E-state index is 12.0. The first-order chi connectivity index (χ1) is 8.99. The molecule has 0 saturated heterocycles. The summed E-state index contributed by atoms with van der Waals surface area (Å²) in [6, 6.07) is 0.571. The molecule has 0 unspecified atom stereocenters. The van der Waals surface area contributed by atoms with E-state index < -0.39 is 24.0 Å². The van der Waals surface area contributed by atoms with Gasteiger partial charge < -0.3 is 15.5 Å². The molecule has 5 nitrogen and oxygen atoms in total. The van der Waals surface area contributed by atoms with Gasteiger partial charge in [-0.15, -0.1) is 11.3 Å². The molecule has 0 aromatic carbocycles. The van der Waals surface area contributed by atoms with E-state index in [2.05, 4.69) is 5.32 Å². The maximum absolute atomic E-state index is 12.0. The highest BCUT2D eigenvalue weighted by molar-refractivity contribution is 7.14. The lowest BCUT2D eigenvalue weighted by Crippen LogP contribution is -2.47. The Morgan fingerprint density at radius 1 is 1.37 bits per heavy atom. The second-order valence-electron chi connectivity index (χ2n) is 4.80. The molecule has 0 bridgehead atoms. The fourth-order valence-electron chi connectivity index (χ4n) is 2.20. The summed E-state index contributed by atoms with van der Waals surface area (Å²) in [5.41, 5.74) is 1.20. The van der Waals surface area contributed by atoms with Gasteiger partial charge in [0.2, 0.25) is 0 Å². The van der Waals surface area contributed by atoms with Gasteiger partial charge in [0.05, 0.1) is 11.0 Å². The van der Waals surface area contributed by atoms with Crippen LogP contribution in [-0.4, -0.2) is 34.2 Å². The summed E-state index contributed by atoms with van der Waals surface area (Å²) in [6.45, 7) is 1.35. The maximum Gasteiger partial charge on any atom is 0.328 e. The molecule has 0 spiro atoms. The third kappa shape index (κ3) is 3.13. The van der Waals surface area contributed by atoms with Crippen molar-refractivity contribution in [3.63, 3.8) is 0 Å². The van der Waals surface area contributed by atoms with Gasteiger partial charge in [0, 0.05) is 4.88 Å². The van der Waals surface area contributed by atoms with Crippen LogP contribution in [0.2, 0.25) is 0 Å². The molecule has 1 aliphatic rings. The predicted octanol–water partition coefficient (Wildman–Crippen LogP) is 1.19. The minimum absolute atomic E-state index is 0.423. The quantitative estimate of drug-likeness (QED) is 0.774. The second kappa shape index (κ2) is 5.71. The van der Waals surface area contributed by atoms with Gasteiger partial charge in [-0.05, 0) is 44.2 Å². The average molecular weight is 283 g/mol. The van der Waals surface area contributed by atoms with Gasteiger partial charge in [-0.25, -0.2) is 4.79 Å². The summed E-state index contributed by atoms with van der Waals surface area (Å²) < 4.78 is 0. The number of fused-ring (bicyclic) bond motifs is 1. The van der Waals surface area contributed by atoms with Crippen LogP contribution in [0.1, 0.15) is 39.9 Å². The van der Waals surface area contributed by atoms with Gasteiger partial charge >= 0.3 is 5.97 Å². The minimum Gasteiger partial charge on any atom is -0.480 e. The summed E-state index contributed by atoms with van der Waals surface area (Å²) in [6.07, 6.45) is 3.12. The van der Waals surface area contributed by atoms with E-state index in [0.717, 1.165) is 25.7 Å². The van der Waals surface area contributed by atoms with Crippen molar-refractivity contribution in [2.45, 2.75) is 44.8 Å². The summed E-state index contributed by atoms with van der Waals surface area (Å²) in [5, 5.41) is 20.6. The lowest BCUT2D eigenvalue weighted by molar-refractivity contribution is -0.141. The van der Waals surface area contributed by atoms with E-state index in [0.29, 0.717) is 4.88 Å². The van der Waals surface area contributed by atoms with Crippen molar-refractivity contribution in [2.75, 3.05) is 0 Å². The average Bonchev–Trinajstić information content (AvgIpc) is 2.78. The molecule has 2 rings (SSSR count). The Bertz CT molecular complexity index is 471. The van der Waals surface area contributed by atoms with E-state index in [9.17, 15) is 14.7 Å². The Morgan fingerprint density at radius 2 is 2.05 bits per heavy atom. The van der Waals surface area contributed by atoms with Crippen LogP contribution in [0.15, 0.2) is 6.07 Å². The Balaban J connectivity index is 2.11. The van der Waals surface area contributed by atoms with Crippen LogP contribution in [-0.2, 0) is 17.6 Å². The molecule has 104 valence electrons. The number of aliphatic hydroxyl groups excluding tert-OH is 1. The number of aryl methyl sites for hydroxylation is 2. The topological polar surface area (TPSA) is 86.6 Å². The third-order valence-electron chi connectivity index (χ3n) is 3.26. The molecule has 0 aliphatic heterocycles. The van der Waals surface area contributed by atoms with Crippen molar-refractivity contribution >= 4 is 23.2 Å². The lowest BCUT2D eigenvalue weighted by atomic mass is 9.99. The number of amides is 1. The van der Waals surface area contributed by atoms with Crippen molar-refractivity contribution in [2.24, 2.45) is 0 Å². The normalized spacial score (nSPS) is 17.4. The molecule has 1 aromatic heterocycles. The largest absolute Gasteiger partial charge is 0.480 e. The highest BCUT2D eigenvalue weighted by atomic mass is 32.1. The lowest BCUT2D eigenvalue weighted by Gasteiger charge is -2.16. The first-order valence-corrected chi connectivity index (χ1v) is 7.14. The molecule has 0 saturated carbocycles. The van der Waals surface area contributed by atoms with Crippen molar-refractivity contribution in [1.29, 1.82) is 0 Å². The number of hydrogen-bond donors (Lipinski definition) is 3. The molecule has 1 amide bonds. The highest BCUT2D eigenvalue weighted by Crippen LogP contribution is 2.29. The molecular formula is C13H17NO4S. The molecule has 1 heterocycles. The number of rotatable bonds is 4. The molecule has 2 atom stereocenters. The minimum atomic E-state index is -1.27. The van der Waals surface area contributed by atoms with Crippen molar-refractivity contribution in [1.82, 2.24) is 5.32 Å². The van der Waals surface area contributed by atoms with Gasteiger partial charge in [0.15, 0.2) is 6.04 Å². The van der Waals surface area contributed by atoms with Gasteiger partial charge in [-0.2, -0.15) is 0 Å². The van der Waals surface area contributed by atoms with Gasteiger partial charge in [0.25, 0.3) is 5.91 Å². The fraction of sp³-hybridized carbons (Fsp3) is 0.538. The molecule has 0 fully saturated rings. The fourth-order valence-corrected chi connectivity index (χ4v) is 3.36. The standard InChI is InChI=1S/C13H17NO4S/c1-7(15)11(13(17)18)14-12(16)10-6-8-4-2-3-5-9(8)19-10/h6-7,11,15H,2-5H2,1H3,(H,14,16)(H,17,18)/t7-,11+/m1/s1. The van der Waals surface area contributed by atoms with Crippen molar-refractivity contribution in [3.8, 4) is 0 Å². The first kappa shape index (κ1) is 14.0. The number of aliphatic carboxylic acids is 1. The van der Waals surface area contributed by atoms with Crippen LogP contribution in [0.5, 0.6) is 0 Å². The molecule has 6 heteroatoms.